The van der Waals surface area contributed by atoms with Crippen LogP contribution < -0.4 is 5.32 Å². The molecular formula is C11H24N2O2S. The predicted molar refractivity (Wildman–Crippen MR) is 66.8 cm³/mol. The monoisotopic (exact) mass is 248 g/mol. The van der Waals surface area contributed by atoms with E-state index in [0.29, 0.717) is 24.1 Å². The zero-order valence-corrected chi connectivity index (χ0v) is 11.4. The maximum absolute atomic E-state index is 12.0. The van der Waals surface area contributed by atoms with Crippen LogP contribution >= 0.6 is 0 Å². The number of rotatable bonds is 6. The lowest BCUT2D eigenvalue weighted by molar-refractivity contribution is 0.422. The van der Waals surface area contributed by atoms with E-state index in [0.717, 1.165) is 25.9 Å². The Labute approximate surface area is 99.5 Å². The molecule has 0 amide bonds. The maximum Gasteiger partial charge on any atom is 0.214 e. The van der Waals surface area contributed by atoms with Crippen LogP contribution in [0.2, 0.25) is 0 Å². The van der Waals surface area contributed by atoms with E-state index in [1.54, 1.807) is 7.05 Å². The molecule has 0 aliphatic carbocycles. The van der Waals surface area contributed by atoms with E-state index < -0.39 is 10.0 Å². The summed E-state index contributed by atoms with van der Waals surface area (Å²) in [6.45, 7) is 6.66. The Bertz CT molecular complexity index is 295. The van der Waals surface area contributed by atoms with Crippen LogP contribution in [-0.2, 0) is 10.0 Å². The average molecular weight is 248 g/mol. The molecule has 1 fully saturated rings. The molecule has 0 bridgehead atoms. The first-order valence-electron chi connectivity index (χ1n) is 6.06. The van der Waals surface area contributed by atoms with E-state index >= 15 is 0 Å². The predicted octanol–water partition coefficient (Wildman–Crippen LogP) is 0.904. The van der Waals surface area contributed by atoms with Gasteiger partial charge in [-0.2, -0.15) is 0 Å². The van der Waals surface area contributed by atoms with Crippen molar-refractivity contribution in [1.82, 2.24) is 9.62 Å². The van der Waals surface area contributed by atoms with Gasteiger partial charge < -0.3 is 5.32 Å². The third-order valence-corrected chi connectivity index (χ3v) is 5.13. The number of hydrogen-bond acceptors (Lipinski definition) is 3. The minimum Gasteiger partial charge on any atom is -0.316 e. The summed E-state index contributed by atoms with van der Waals surface area (Å²) in [6, 6.07) is 0. The van der Waals surface area contributed by atoms with Crippen molar-refractivity contribution >= 4 is 10.0 Å². The summed E-state index contributed by atoms with van der Waals surface area (Å²) in [5.74, 6) is 1.14. The fraction of sp³-hybridized carbons (Fsp3) is 1.00. The zero-order chi connectivity index (χ0) is 12.2. The summed E-state index contributed by atoms with van der Waals surface area (Å²) in [4.78, 5) is 0. The molecule has 1 aliphatic rings. The average Bonchev–Trinajstić information content (AvgIpc) is 2.65. The van der Waals surface area contributed by atoms with Crippen molar-refractivity contribution in [3.63, 3.8) is 0 Å². The summed E-state index contributed by atoms with van der Waals surface area (Å²) >= 11 is 0. The topological polar surface area (TPSA) is 49.4 Å². The minimum absolute atomic E-state index is 0.298. The first-order chi connectivity index (χ1) is 7.42. The molecular weight excluding hydrogens is 224 g/mol. The summed E-state index contributed by atoms with van der Waals surface area (Å²) in [7, 11) is -1.35. The van der Waals surface area contributed by atoms with Gasteiger partial charge in [0, 0.05) is 13.6 Å². The highest BCUT2D eigenvalue weighted by molar-refractivity contribution is 7.89. The second-order valence-electron chi connectivity index (χ2n) is 5.14. The van der Waals surface area contributed by atoms with E-state index in [1.165, 1.54) is 4.31 Å². The van der Waals surface area contributed by atoms with Gasteiger partial charge in [0.05, 0.1) is 5.75 Å². The van der Waals surface area contributed by atoms with Crippen LogP contribution in [0.15, 0.2) is 0 Å². The molecule has 96 valence electrons. The molecule has 4 nitrogen and oxygen atoms in total. The third-order valence-electron chi connectivity index (χ3n) is 3.10. The van der Waals surface area contributed by atoms with Crippen molar-refractivity contribution < 1.29 is 8.42 Å². The van der Waals surface area contributed by atoms with E-state index in [4.69, 9.17) is 0 Å². The highest BCUT2D eigenvalue weighted by Gasteiger charge is 2.25. The van der Waals surface area contributed by atoms with Gasteiger partial charge in [-0.25, -0.2) is 12.7 Å². The van der Waals surface area contributed by atoms with Crippen molar-refractivity contribution in [2.75, 3.05) is 32.4 Å². The van der Waals surface area contributed by atoms with Crippen LogP contribution in [0, 0.1) is 11.8 Å². The molecule has 1 heterocycles. The molecule has 0 spiro atoms. The van der Waals surface area contributed by atoms with Gasteiger partial charge in [0.25, 0.3) is 0 Å². The first kappa shape index (κ1) is 13.9. The lowest BCUT2D eigenvalue weighted by Crippen LogP contribution is -2.33. The lowest BCUT2D eigenvalue weighted by atomic mass is 10.1. The molecule has 0 aromatic rings. The standard InChI is InChI=1S/C11H24N2O2S/c1-10(2)5-7-13(3)16(14,15)9-11-4-6-12-8-11/h10-12H,4-9H2,1-3H3. The van der Waals surface area contributed by atoms with Crippen LogP contribution in [0.25, 0.3) is 0 Å². The van der Waals surface area contributed by atoms with Crippen LogP contribution in [0.3, 0.4) is 0 Å². The van der Waals surface area contributed by atoms with Crippen LogP contribution in [-0.4, -0.2) is 45.2 Å². The van der Waals surface area contributed by atoms with Crippen molar-refractivity contribution in [1.29, 1.82) is 0 Å². The molecule has 1 aliphatic heterocycles. The highest BCUT2D eigenvalue weighted by atomic mass is 32.2. The molecule has 0 saturated carbocycles. The fourth-order valence-corrected chi connectivity index (χ4v) is 3.38. The summed E-state index contributed by atoms with van der Waals surface area (Å²) in [6.07, 6.45) is 1.91. The molecule has 0 radical (unpaired) electrons. The van der Waals surface area contributed by atoms with Gasteiger partial charge in [-0.3, -0.25) is 0 Å². The molecule has 5 heteroatoms. The molecule has 1 unspecified atom stereocenters. The molecule has 1 N–H and O–H groups in total. The van der Waals surface area contributed by atoms with Crippen molar-refractivity contribution in [3.8, 4) is 0 Å². The van der Waals surface area contributed by atoms with Crippen LogP contribution in [0.4, 0.5) is 0 Å². The summed E-state index contributed by atoms with van der Waals surface area (Å²) < 4.78 is 25.5. The van der Waals surface area contributed by atoms with Crippen molar-refractivity contribution in [3.05, 3.63) is 0 Å². The second-order valence-corrected chi connectivity index (χ2v) is 7.26. The Morgan fingerprint density at radius 2 is 2.12 bits per heavy atom. The molecule has 1 atom stereocenters. The van der Waals surface area contributed by atoms with E-state index in [9.17, 15) is 8.42 Å². The van der Waals surface area contributed by atoms with E-state index in [2.05, 4.69) is 19.2 Å². The Morgan fingerprint density at radius 1 is 1.44 bits per heavy atom. The second kappa shape index (κ2) is 5.98. The van der Waals surface area contributed by atoms with Gasteiger partial charge in [-0.1, -0.05) is 13.8 Å². The molecule has 0 aromatic heterocycles. The minimum atomic E-state index is -3.05. The molecule has 1 saturated heterocycles. The Morgan fingerprint density at radius 3 is 2.62 bits per heavy atom. The molecule has 0 aromatic carbocycles. The first-order valence-corrected chi connectivity index (χ1v) is 7.67. The normalized spacial score (nSPS) is 22.2. The summed E-state index contributed by atoms with van der Waals surface area (Å²) in [5.41, 5.74) is 0. The molecule has 1 rings (SSSR count). The van der Waals surface area contributed by atoms with Gasteiger partial charge in [0.1, 0.15) is 0 Å². The Balaban J connectivity index is 2.42. The number of nitrogens with one attached hydrogen (secondary N) is 1. The molecule has 16 heavy (non-hydrogen) atoms. The Hall–Kier alpha value is -0.130. The van der Waals surface area contributed by atoms with Crippen LogP contribution in [0.5, 0.6) is 0 Å². The van der Waals surface area contributed by atoms with Gasteiger partial charge >= 0.3 is 0 Å². The third kappa shape index (κ3) is 4.39. The lowest BCUT2D eigenvalue weighted by Gasteiger charge is -2.20. The van der Waals surface area contributed by atoms with Gasteiger partial charge in [0.2, 0.25) is 10.0 Å². The van der Waals surface area contributed by atoms with Gasteiger partial charge in [0.15, 0.2) is 0 Å². The highest BCUT2D eigenvalue weighted by Crippen LogP contribution is 2.13. The Kier molecular flexibility index (Phi) is 5.21. The maximum atomic E-state index is 12.0. The fourth-order valence-electron chi connectivity index (χ4n) is 1.86. The quantitative estimate of drug-likeness (QED) is 0.760. The van der Waals surface area contributed by atoms with Gasteiger partial charge in [-0.05, 0) is 37.8 Å². The summed E-state index contributed by atoms with van der Waals surface area (Å²) in [5, 5.41) is 3.20. The smallest absolute Gasteiger partial charge is 0.214 e. The van der Waals surface area contributed by atoms with Gasteiger partial charge in [-0.15, -0.1) is 0 Å². The number of nitrogens with zero attached hydrogens (tertiary/aromatic N) is 1. The van der Waals surface area contributed by atoms with E-state index in [1.807, 2.05) is 0 Å². The van der Waals surface area contributed by atoms with Crippen molar-refractivity contribution in [2.24, 2.45) is 11.8 Å². The number of hydrogen-bond donors (Lipinski definition) is 1. The van der Waals surface area contributed by atoms with Crippen molar-refractivity contribution in [2.45, 2.75) is 26.7 Å². The number of sulfonamides is 1. The zero-order valence-electron chi connectivity index (χ0n) is 10.6. The SMILES string of the molecule is CC(C)CCN(C)S(=O)(=O)CC1CCNC1. The van der Waals surface area contributed by atoms with Crippen LogP contribution in [0.1, 0.15) is 26.7 Å². The van der Waals surface area contributed by atoms with E-state index in [-0.39, 0.29) is 0 Å². The largest absolute Gasteiger partial charge is 0.316 e.